The molecule has 4 heteroatoms. The van der Waals surface area contributed by atoms with Gasteiger partial charge in [-0.3, -0.25) is 0 Å². The molecular formula is C11H10BrNO2. The Morgan fingerprint density at radius 3 is 2.47 bits per heavy atom. The molecule has 78 valence electrons. The molecule has 0 aromatic heterocycles. The van der Waals surface area contributed by atoms with Gasteiger partial charge in [0.2, 0.25) is 0 Å². The maximum atomic E-state index is 8.45. The standard InChI is InChI=1S/C11H10BrNO2/c1-14-10-7-9(12)11(15-2)6-8(10)4-3-5-13/h3-4,6-7H,1-2H3. The predicted molar refractivity (Wildman–Crippen MR) is 61.9 cm³/mol. The SMILES string of the molecule is COc1cc(C=CC#N)c(OC)cc1Br. The fraction of sp³-hybridized carbons (Fsp3) is 0.182. The smallest absolute Gasteiger partial charge is 0.133 e. The lowest BCUT2D eigenvalue weighted by Gasteiger charge is -2.09. The molecule has 1 aromatic carbocycles. The van der Waals surface area contributed by atoms with Crippen LogP contribution in [0.2, 0.25) is 0 Å². The average Bonchev–Trinajstić information content (AvgIpc) is 2.26. The molecule has 0 saturated heterocycles. The molecular weight excluding hydrogens is 258 g/mol. The summed E-state index contributed by atoms with van der Waals surface area (Å²) in [6.45, 7) is 0. The van der Waals surface area contributed by atoms with E-state index in [1.807, 2.05) is 6.07 Å². The van der Waals surface area contributed by atoms with Crippen molar-refractivity contribution in [1.29, 1.82) is 5.26 Å². The van der Waals surface area contributed by atoms with Gasteiger partial charge in [-0.1, -0.05) is 0 Å². The van der Waals surface area contributed by atoms with E-state index in [9.17, 15) is 0 Å². The van der Waals surface area contributed by atoms with E-state index in [1.54, 1.807) is 32.4 Å². The highest BCUT2D eigenvalue weighted by atomic mass is 79.9. The van der Waals surface area contributed by atoms with E-state index in [0.717, 1.165) is 10.0 Å². The number of rotatable bonds is 3. The van der Waals surface area contributed by atoms with Crippen LogP contribution in [-0.2, 0) is 0 Å². The summed E-state index contributed by atoms with van der Waals surface area (Å²) in [6, 6.07) is 5.53. The van der Waals surface area contributed by atoms with Crippen LogP contribution >= 0.6 is 15.9 Å². The lowest BCUT2D eigenvalue weighted by atomic mass is 10.2. The minimum atomic E-state index is 0.689. The molecule has 0 amide bonds. The van der Waals surface area contributed by atoms with E-state index in [1.165, 1.54) is 6.08 Å². The summed E-state index contributed by atoms with van der Waals surface area (Å²) >= 11 is 3.36. The van der Waals surface area contributed by atoms with E-state index in [0.29, 0.717) is 11.5 Å². The van der Waals surface area contributed by atoms with Gasteiger partial charge in [0.15, 0.2) is 0 Å². The van der Waals surface area contributed by atoms with Crippen molar-refractivity contribution in [3.05, 3.63) is 28.2 Å². The zero-order chi connectivity index (χ0) is 11.3. The fourth-order valence-corrected chi connectivity index (χ4v) is 1.63. The van der Waals surface area contributed by atoms with Crippen LogP contribution in [0.5, 0.6) is 11.5 Å². The van der Waals surface area contributed by atoms with Crippen LogP contribution in [0.4, 0.5) is 0 Å². The maximum Gasteiger partial charge on any atom is 0.133 e. The molecule has 1 rings (SSSR count). The summed E-state index contributed by atoms with van der Waals surface area (Å²) in [5.74, 6) is 1.39. The van der Waals surface area contributed by atoms with Gasteiger partial charge in [0.05, 0.1) is 24.8 Å². The molecule has 3 nitrogen and oxygen atoms in total. The third kappa shape index (κ3) is 2.74. The van der Waals surface area contributed by atoms with Gasteiger partial charge in [0.1, 0.15) is 11.5 Å². The molecule has 0 spiro atoms. The van der Waals surface area contributed by atoms with E-state index >= 15 is 0 Å². The third-order valence-electron chi connectivity index (χ3n) is 1.84. The molecule has 0 atom stereocenters. The van der Waals surface area contributed by atoms with Crippen molar-refractivity contribution in [1.82, 2.24) is 0 Å². The first-order chi connectivity index (χ1) is 7.22. The summed E-state index contributed by atoms with van der Waals surface area (Å²) in [7, 11) is 3.17. The Bertz CT molecular complexity index is 421. The molecule has 15 heavy (non-hydrogen) atoms. The fourth-order valence-electron chi connectivity index (χ4n) is 1.14. The first-order valence-electron chi connectivity index (χ1n) is 4.20. The summed E-state index contributed by atoms with van der Waals surface area (Å²) in [4.78, 5) is 0. The molecule has 0 bridgehead atoms. The van der Waals surface area contributed by atoms with Gasteiger partial charge in [-0.2, -0.15) is 5.26 Å². The van der Waals surface area contributed by atoms with Crippen molar-refractivity contribution in [3.63, 3.8) is 0 Å². The van der Waals surface area contributed by atoms with Crippen LogP contribution in [-0.4, -0.2) is 14.2 Å². The Balaban J connectivity index is 3.23. The summed E-state index contributed by atoms with van der Waals surface area (Å²) in [5.41, 5.74) is 0.805. The monoisotopic (exact) mass is 267 g/mol. The number of nitrogens with zero attached hydrogens (tertiary/aromatic N) is 1. The van der Waals surface area contributed by atoms with Gasteiger partial charge in [0.25, 0.3) is 0 Å². The second-order valence-corrected chi connectivity index (χ2v) is 3.55. The first-order valence-corrected chi connectivity index (χ1v) is 5.00. The largest absolute Gasteiger partial charge is 0.496 e. The number of nitriles is 1. The normalized spacial score (nSPS) is 10.0. The van der Waals surface area contributed by atoms with Gasteiger partial charge >= 0.3 is 0 Å². The molecule has 0 N–H and O–H groups in total. The Morgan fingerprint density at radius 2 is 1.93 bits per heavy atom. The lowest BCUT2D eigenvalue weighted by molar-refractivity contribution is 0.400. The van der Waals surface area contributed by atoms with E-state index in [-0.39, 0.29) is 0 Å². The number of hydrogen-bond acceptors (Lipinski definition) is 3. The molecule has 0 radical (unpaired) electrons. The highest BCUT2D eigenvalue weighted by Gasteiger charge is 2.06. The van der Waals surface area contributed by atoms with Crippen LogP contribution in [0.1, 0.15) is 5.56 Å². The molecule has 0 aliphatic rings. The Labute approximate surface area is 97.1 Å². The van der Waals surface area contributed by atoms with Crippen molar-refractivity contribution in [2.75, 3.05) is 14.2 Å². The second-order valence-electron chi connectivity index (χ2n) is 2.69. The molecule has 0 aliphatic carbocycles. The van der Waals surface area contributed by atoms with Crippen molar-refractivity contribution < 1.29 is 9.47 Å². The molecule has 0 saturated carbocycles. The topological polar surface area (TPSA) is 42.2 Å². The van der Waals surface area contributed by atoms with Crippen molar-refractivity contribution in [2.45, 2.75) is 0 Å². The summed E-state index contributed by atoms with van der Waals surface area (Å²) < 4.78 is 11.1. The Hall–Kier alpha value is -1.47. The van der Waals surface area contributed by atoms with Gasteiger partial charge in [-0.05, 0) is 34.1 Å². The Kier molecular flexibility index (Phi) is 4.19. The first kappa shape index (κ1) is 11.6. The maximum absolute atomic E-state index is 8.45. The Morgan fingerprint density at radius 1 is 1.27 bits per heavy atom. The third-order valence-corrected chi connectivity index (χ3v) is 2.46. The number of benzene rings is 1. The van der Waals surface area contributed by atoms with Gasteiger partial charge in [-0.25, -0.2) is 0 Å². The van der Waals surface area contributed by atoms with Gasteiger partial charge in [-0.15, -0.1) is 0 Å². The van der Waals surface area contributed by atoms with Crippen molar-refractivity contribution >= 4 is 22.0 Å². The molecule has 1 aromatic rings. The molecule has 0 aliphatic heterocycles. The van der Waals surface area contributed by atoms with Crippen LogP contribution < -0.4 is 9.47 Å². The average molecular weight is 268 g/mol. The number of allylic oxidation sites excluding steroid dienone is 1. The quantitative estimate of drug-likeness (QED) is 0.791. The lowest BCUT2D eigenvalue weighted by Crippen LogP contribution is -1.90. The number of methoxy groups -OCH3 is 2. The van der Waals surface area contributed by atoms with Crippen molar-refractivity contribution in [2.24, 2.45) is 0 Å². The number of ether oxygens (including phenoxy) is 2. The highest BCUT2D eigenvalue weighted by Crippen LogP contribution is 2.33. The summed E-state index contributed by atoms with van der Waals surface area (Å²) in [6.07, 6.45) is 3.07. The second kappa shape index (κ2) is 5.42. The van der Waals surface area contributed by atoms with Gasteiger partial charge < -0.3 is 9.47 Å². The minimum absolute atomic E-state index is 0.689. The zero-order valence-corrected chi connectivity index (χ0v) is 10.0. The highest BCUT2D eigenvalue weighted by molar-refractivity contribution is 9.10. The van der Waals surface area contributed by atoms with E-state index < -0.39 is 0 Å². The molecule has 0 fully saturated rings. The van der Waals surface area contributed by atoms with Crippen LogP contribution in [0.15, 0.2) is 22.7 Å². The summed E-state index contributed by atoms with van der Waals surface area (Å²) in [5, 5.41) is 8.45. The van der Waals surface area contributed by atoms with Gasteiger partial charge in [0, 0.05) is 11.6 Å². The predicted octanol–water partition coefficient (Wildman–Crippen LogP) is 3.00. The van der Waals surface area contributed by atoms with E-state index in [2.05, 4.69) is 15.9 Å². The minimum Gasteiger partial charge on any atom is -0.496 e. The molecule has 0 unspecified atom stereocenters. The van der Waals surface area contributed by atoms with Crippen molar-refractivity contribution in [3.8, 4) is 17.6 Å². The number of hydrogen-bond donors (Lipinski definition) is 0. The molecule has 0 heterocycles. The van der Waals surface area contributed by atoms with Crippen LogP contribution in [0.3, 0.4) is 0 Å². The van der Waals surface area contributed by atoms with E-state index in [4.69, 9.17) is 14.7 Å². The number of halogens is 1. The van der Waals surface area contributed by atoms with Crippen LogP contribution in [0.25, 0.3) is 6.08 Å². The van der Waals surface area contributed by atoms with Crippen LogP contribution in [0, 0.1) is 11.3 Å². The zero-order valence-electron chi connectivity index (χ0n) is 8.45.